The molecule has 156 valence electrons. The summed E-state index contributed by atoms with van der Waals surface area (Å²) in [6.45, 7) is 4.67. The van der Waals surface area contributed by atoms with E-state index >= 15 is 0 Å². The normalized spacial score (nSPS) is 10.8. The van der Waals surface area contributed by atoms with E-state index < -0.39 is 4.92 Å². The van der Waals surface area contributed by atoms with Crippen LogP contribution in [0.5, 0.6) is 0 Å². The summed E-state index contributed by atoms with van der Waals surface area (Å²) >= 11 is 6.26. The number of carbonyl (C=O) groups is 1. The minimum Gasteiger partial charge on any atom is -0.393 e. The number of nitrogens with zero attached hydrogens (tertiary/aromatic N) is 4. The van der Waals surface area contributed by atoms with Crippen LogP contribution < -0.4 is 5.73 Å². The van der Waals surface area contributed by atoms with Crippen molar-refractivity contribution in [2.75, 3.05) is 12.8 Å². The number of hydrogen-bond donors (Lipinski definition) is 1. The molecule has 0 fully saturated rings. The van der Waals surface area contributed by atoms with Crippen molar-refractivity contribution in [2.45, 2.75) is 26.9 Å². The predicted molar refractivity (Wildman–Crippen MR) is 116 cm³/mol. The van der Waals surface area contributed by atoms with Crippen molar-refractivity contribution < 1.29 is 9.72 Å². The van der Waals surface area contributed by atoms with Gasteiger partial charge in [0.05, 0.1) is 17.2 Å². The zero-order chi connectivity index (χ0) is 22.0. The molecule has 0 unspecified atom stereocenters. The molecule has 8 nitrogen and oxygen atoms in total. The molecule has 0 aliphatic heterocycles. The van der Waals surface area contributed by atoms with Gasteiger partial charge in [0.15, 0.2) is 0 Å². The molecule has 1 amide bonds. The van der Waals surface area contributed by atoms with Gasteiger partial charge in [-0.15, -0.1) is 0 Å². The third-order valence-electron chi connectivity index (χ3n) is 5.03. The second-order valence-corrected chi connectivity index (χ2v) is 7.50. The van der Waals surface area contributed by atoms with E-state index in [-0.39, 0.29) is 22.8 Å². The molecule has 1 heterocycles. The SMILES string of the molecule is Cc1nn(Cc2ccccc2Cl)c(C)c1CN(C)C(=O)c1ccc(N)c([N+](=O)[O-])c1. The summed E-state index contributed by atoms with van der Waals surface area (Å²) in [6, 6.07) is 11.6. The number of nitrogen functional groups attached to an aromatic ring is 1. The van der Waals surface area contributed by atoms with Crippen molar-refractivity contribution in [1.29, 1.82) is 0 Å². The molecule has 0 bridgehead atoms. The number of hydrogen-bond acceptors (Lipinski definition) is 5. The number of amides is 1. The number of rotatable bonds is 6. The second kappa shape index (κ2) is 8.54. The molecule has 3 aromatic rings. The number of aryl methyl sites for hydroxylation is 1. The molecule has 0 aliphatic rings. The van der Waals surface area contributed by atoms with Gasteiger partial charge in [-0.25, -0.2) is 0 Å². The molecule has 9 heteroatoms. The maximum Gasteiger partial charge on any atom is 0.292 e. The predicted octanol–water partition coefficient (Wildman–Crippen LogP) is 3.96. The first-order valence-corrected chi connectivity index (χ1v) is 9.62. The summed E-state index contributed by atoms with van der Waals surface area (Å²) in [5.41, 5.74) is 9.17. The molecule has 0 spiro atoms. The lowest BCUT2D eigenvalue weighted by molar-refractivity contribution is -0.383. The van der Waals surface area contributed by atoms with Gasteiger partial charge in [0, 0.05) is 41.5 Å². The fourth-order valence-corrected chi connectivity index (χ4v) is 3.46. The topological polar surface area (TPSA) is 107 Å². The van der Waals surface area contributed by atoms with Crippen molar-refractivity contribution in [2.24, 2.45) is 0 Å². The first kappa shape index (κ1) is 21.3. The summed E-state index contributed by atoms with van der Waals surface area (Å²) in [7, 11) is 1.65. The smallest absolute Gasteiger partial charge is 0.292 e. The lowest BCUT2D eigenvalue weighted by atomic mass is 10.1. The van der Waals surface area contributed by atoms with Crippen molar-refractivity contribution in [1.82, 2.24) is 14.7 Å². The highest BCUT2D eigenvalue weighted by atomic mass is 35.5. The Morgan fingerprint density at radius 3 is 2.63 bits per heavy atom. The van der Waals surface area contributed by atoms with Gasteiger partial charge in [0.1, 0.15) is 5.69 Å². The van der Waals surface area contributed by atoms with Crippen molar-refractivity contribution in [3.05, 3.63) is 85.7 Å². The van der Waals surface area contributed by atoms with Crippen molar-refractivity contribution >= 4 is 28.9 Å². The number of nitro groups is 1. The highest BCUT2D eigenvalue weighted by Crippen LogP contribution is 2.24. The average Bonchev–Trinajstić information content (AvgIpc) is 2.96. The molecule has 0 atom stereocenters. The zero-order valence-corrected chi connectivity index (χ0v) is 17.7. The Labute approximate surface area is 179 Å². The quantitative estimate of drug-likeness (QED) is 0.364. The molecule has 3 rings (SSSR count). The number of benzene rings is 2. The number of anilines is 1. The van der Waals surface area contributed by atoms with E-state index in [2.05, 4.69) is 5.10 Å². The summed E-state index contributed by atoms with van der Waals surface area (Å²) in [6.07, 6.45) is 0. The maximum atomic E-state index is 12.8. The first-order valence-electron chi connectivity index (χ1n) is 9.24. The van der Waals surface area contributed by atoms with Crippen LogP contribution in [-0.4, -0.2) is 32.6 Å². The van der Waals surface area contributed by atoms with Gasteiger partial charge in [-0.05, 0) is 37.6 Å². The minimum atomic E-state index is -0.598. The molecular weight excluding hydrogens is 406 g/mol. The molecule has 0 aliphatic carbocycles. The van der Waals surface area contributed by atoms with E-state index in [9.17, 15) is 14.9 Å². The van der Waals surface area contributed by atoms with Gasteiger partial charge in [0.25, 0.3) is 11.6 Å². The van der Waals surface area contributed by atoms with E-state index in [1.54, 1.807) is 7.05 Å². The Hall–Kier alpha value is -3.39. The summed E-state index contributed by atoms with van der Waals surface area (Å²) < 4.78 is 1.86. The molecule has 30 heavy (non-hydrogen) atoms. The van der Waals surface area contributed by atoms with Crippen LogP contribution in [0, 0.1) is 24.0 Å². The largest absolute Gasteiger partial charge is 0.393 e. The van der Waals surface area contributed by atoms with Gasteiger partial charge in [-0.2, -0.15) is 5.10 Å². The maximum absolute atomic E-state index is 12.8. The monoisotopic (exact) mass is 427 g/mol. The van der Waals surface area contributed by atoms with Crippen LogP contribution in [0.4, 0.5) is 11.4 Å². The third-order valence-corrected chi connectivity index (χ3v) is 5.39. The molecule has 0 radical (unpaired) electrons. The van der Waals surface area contributed by atoms with Gasteiger partial charge >= 0.3 is 0 Å². The second-order valence-electron chi connectivity index (χ2n) is 7.09. The average molecular weight is 428 g/mol. The Morgan fingerprint density at radius 2 is 1.97 bits per heavy atom. The lowest BCUT2D eigenvalue weighted by Gasteiger charge is -2.18. The van der Waals surface area contributed by atoms with Crippen LogP contribution in [0.1, 0.15) is 32.9 Å². The van der Waals surface area contributed by atoms with Gasteiger partial charge in [-0.3, -0.25) is 19.6 Å². The van der Waals surface area contributed by atoms with Crippen molar-refractivity contribution in [3.63, 3.8) is 0 Å². The van der Waals surface area contributed by atoms with Crippen LogP contribution >= 0.6 is 11.6 Å². The van der Waals surface area contributed by atoms with E-state index in [1.165, 1.54) is 23.1 Å². The molecule has 0 saturated heterocycles. The molecular formula is C21H22ClN5O3. The van der Waals surface area contributed by atoms with Gasteiger partial charge in [-0.1, -0.05) is 29.8 Å². The Bertz CT molecular complexity index is 1130. The summed E-state index contributed by atoms with van der Waals surface area (Å²) in [5, 5.41) is 16.4. The Morgan fingerprint density at radius 1 is 1.27 bits per heavy atom. The van der Waals surface area contributed by atoms with Crippen LogP contribution in [0.2, 0.25) is 5.02 Å². The molecule has 0 saturated carbocycles. The zero-order valence-electron chi connectivity index (χ0n) is 16.9. The fourth-order valence-electron chi connectivity index (χ4n) is 3.27. The van der Waals surface area contributed by atoms with Crippen LogP contribution in [0.15, 0.2) is 42.5 Å². The Balaban J connectivity index is 1.82. The minimum absolute atomic E-state index is 0.0201. The van der Waals surface area contributed by atoms with E-state index in [0.29, 0.717) is 18.1 Å². The number of nitro benzene ring substituents is 1. The highest BCUT2D eigenvalue weighted by molar-refractivity contribution is 6.31. The third kappa shape index (κ3) is 4.28. The molecule has 2 aromatic carbocycles. The summed E-state index contributed by atoms with van der Waals surface area (Å²) in [5.74, 6) is -0.337. The van der Waals surface area contributed by atoms with Gasteiger partial charge in [0.2, 0.25) is 0 Å². The van der Waals surface area contributed by atoms with E-state index in [1.807, 2.05) is 42.8 Å². The van der Waals surface area contributed by atoms with Crippen LogP contribution in [0.3, 0.4) is 0 Å². The first-order chi connectivity index (χ1) is 14.2. The number of carbonyl (C=O) groups excluding carboxylic acids is 1. The van der Waals surface area contributed by atoms with Crippen molar-refractivity contribution in [3.8, 4) is 0 Å². The van der Waals surface area contributed by atoms with E-state index in [4.69, 9.17) is 17.3 Å². The van der Waals surface area contributed by atoms with Crippen LogP contribution in [0.25, 0.3) is 0 Å². The number of halogens is 1. The fraction of sp³-hybridized carbons (Fsp3) is 0.238. The Kier molecular flexibility index (Phi) is 6.07. The van der Waals surface area contributed by atoms with Gasteiger partial charge < -0.3 is 10.6 Å². The lowest BCUT2D eigenvalue weighted by Crippen LogP contribution is -2.26. The standard InChI is InChI=1S/C21H22ClN5O3/c1-13-17(14(2)26(24-13)11-16-6-4-5-7-18(16)22)12-25(3)21(28)15-8-9-19(23)20(10-15)27(29)30/h4-10H,11-12,23H2,1-3H3. The van der Waals surface area contributed by atoms with Crippen LogP contribution in [-0.2, 0) is 13.1 Å². The molecule has 2 N–H and O–H groups in total. The molecule has 1 aromatic heterocycles. The number of aromatic nitrogens is 2. The number of nitrogens with two attached hydrogens (primary N) is 1. The highest BCUT2D eigenvalue weighted by Gasteiger charge is 2.21. The van der Waals surface area contributed by atoms with E-state index in [0.717, 1.165) is 22.5 Å². The summed E-state index contributed by atoms with van der Waals surface area (Å²) in [4.78, 5) is 24.8.